The summed E-state index contributed by atoms with van der Waals surface area (Å²) in [6.45, 7) is 5.09. The van der Waals surface area contributed by atoms with Gasteiger partial charge >= 0.3 is 0 Å². The van der Waals surface area contributed by atoms with Crippen molar-refractivity contribution in [3.8, 4) is 0 Å². The predicted octanol–water partition coefficient (Wildman–Crippen LogP) is 1.90. The molecule has 0 aliphatic carbocycles. The standard InChI is InChI=1S/C17H28N4O/c22-17(3-2-15-4-9-18-10-5-15)20-12-6-16(7-13-20)14-21-11-1-8-19-21/h1,8,11,15-16,18H,2-7,9-10,12-14H2. The van der Waals surface area contributed by atoms with Gasteiger partial charge in [-0.05, 0) is 63.1 Å². The number of piperidine rings is 2. The van der Waals surface area contributed by atoms with Crippen LogP contribution in [0.2, 0.25) is 0 Å². The normalized spacial score (nSPS) is 21.2. The molecule has 0 saturated carbocycles. The van der Waals surface area contributed by atoms with Crippen LogP contribution in [0.4, 0.5) is 0 Å². The summed E-state index contributed by atoms with van der Waals surface area (Å²) in [4.78, 5) is 14.4. The Morgan fingerprint density at radius 3 is 2.59 bits per heavy atom. The first-order valence-electron chi connectivity index (χ1n) is 8.77. The van der Waals surface area contributed by atoms with Crippen molar-refractivity contribution in [3.63, 3.8) is 0 Å². The van der Waals surface area contributed by atoms with Crippen LogP contribution in [0, 0.1) is 11.8 Å². The smallest absolute Gasteiger partial charge is 0.222 e. The van der Waals surface area contributed by atoms with Gasteiger partial charge in [0, 0.05) is 38.4 Å². The molecule has 1 amide bonds. The largest absolute Gasteiger partial charge is 0.343 e. The van der Waals surface area contributed by atoms with E-state index < -0.39 is 0 Å². The van der Waals surface area contributed by atoms with Crippen molar-refractivity contribution < 1.29 is 4.79 Å². The molecule has 1 N–H and O–H groups in total. The number of nitrogens with one attached hydrogen (secondary N) is 1. The number of aromatic nitrogens is 2. The summed E-state index contributed by atoms with van der Waals surface area (Å²) in [5.41, 5.74) is 0. The Bertz CT molecular complexity index is 445. The SMILES string of the molecule is O=C(CCC1CCNCC1)N1CCC(Cn2cccn2)CC1. The molecule has 5 heteroatoms. The van der Waals surface area contributed by atoms with Gasteiger partial charge in [0.25, 0.3) is 0 Å². The number of hydrogen-bond acceptors (Lipinski definition) is 3. The maximum atomic E-state index is 12.4. The van der Waals surface area contributed by atoms with E-state index in [1.807, 2.05) is 23.1 Å². The van der Waals surface area contributed by atoms with Gasteiger partial charge in [0.05, 0.1) is 0 Å². The third kappa shape index (κ3) is 4.32. The van der Waals surface area contributed by atoms with Gasteiger partial charge < -0.3 is 10.2 Å². The molecule has 0 atom stereocenters. The van der Waals surface area contributed by atoms with Crippen LogP contribution in [0.15, 0.2) is 18.5 Å². The van der Waals surface area contributed by atoms with Gasteiger partial charge in [0.1, 0.15) is 0 Å². The maximum absolute atomic E-state index is 12.4. The first kappa shape index (κ1) is 15.5. The summed E-state index contributed by atoms with van der Waals surface area (Å²) in [6.07, 6.45) is 10.4. The van der Waals surface area contributed by atoms with Crippen LogP contribution in [0.25, 0.3) is 0 Å². The molecule has 2 saturated heterocycles. The van der Waals surface area contributed by atoms with Crippen molar-refractivity contribution in [2.75, 3.05) is 26.2 Å². The summed E-state index contributed by atoms with van der Waals surface area (Å²) < 4.78 is 2.01. The van der Waals surface area contributed by atoms with Gasteiger partial charge in [-0.2, -0.15) is 5.10 Å². The first-order chi connectivity index (χ1) is 10.8. The average molecular weight is 304 g/mol. The van der Waals surface area contributed by atoms with Gasteiger partial charge in [-0.3, -0.25) is 9.48 Å². The number of likely N-dealkylation sites (tertiary alicyclic amines) is 1. The molecule has 3 heterocycles. The summed E-state index contributed by atoms with van der Waals surface area (Å²) in [5, 5.41) is 7.66. The summed E-state index contributed by atoms with van der Waals surface area (Å²) >= 11 is 0. The van der Waals surface area contributed by atoms with Gasteiger partial charge in [0.15, 0.2) is 0 Å². The highest BCUT2D eigenvalue weighted by molar-refractivity contribution is 5.76. The van der Waals surface area contributed by atoms with Crippen LogP contribution in [0.5, 0.6) is 0 Å². The molecule has 1 aromatic heterocycles. The molecule has 1 aromatic rings. The van der Waals surface area contributed by atoms with E-state index in [9.17, 15) is 4.79 Å². The van der Waals surface area contributed by atoms with Crippen LogP contribution < -0.4 is 5.32 Å². The molecule has 0 spiro atoms. The molecule has 0 unspecified atom stereocenters. The van der Waals surface area contributed by atoms with E-state index in [4.69, 9.17) is 0 Å². The van der Waals surface area contributed by atoms with Crippen LogP contribution in [0.1, 0.15) is 38.5 Å². The number of amides is 1. The van der Waals surface area contributed by atoms with E-state index in [0.29, 0.717) is 11.8 Å². The molecular weight excluding hydrogens is 276 g/mol. The maximum Gasteiger partial charge on any atom is 0.222 e. The second-order valence-corrected chi connectivity index (χ2v) is 6.78. The highest BCUT2D eigenvalue weighted by Crippen LogP contribution is 2.22. The number of carbonyl (C=O) groups excluding carboxylic acids is 1. The molecule has 3 rings (SSSR count). The van der Waals surface area contributed by atoms with E-state index >= 15 is 0 Å². The van der Waals surface area contributed by atoms with Crippen molar-refractivity contribution in [3.05, 3.63) is 18.5 Å². The molecule has 2 aliphatic heterocycles. The van der Waals surface area contributed by atoms with Gasteiger partial charge in [-0.25, -0.2) is 0 Å². The Labute approximate surface area is 133 Å². The molecular formula is C17H28N4O. The zero-order chi connectivity index (χ0) is 15.2. The number of carbonyl (C=O) groups is 1. The Morgan fingerprint density at radius 2 is 1.91 bits per heavy atom. The molecule has 0 aromatic carbocycles. The van der Waals surface area contributed by atoms with E-state index in [0.717, 1.165) is 64.3 Å². The second kappa shape index (κ2) is 7.77. The molecule has 2 fully saturated rings. The van der Waals surface area contributed by atoms with Crippen molar-refractivity contribution in [2.45, 2.75) is 45.1 Å². The van der Waals surface area contributed by atoms with Crippen LogP contribution in [-0.2, 0) is 11.3 Å². The number of rotatable bonds is 5. The van der Waals surface area contributed by atoms with E-state index in [1.165, 1.54) is 12.8 Å². The van der Waals surface area contributed by atoms with Crippen molar-refractivity contribution in [2.24, 2.45) is 11.8 Å². The third-order valence-corrected chi connectivity index (χ3v) is 5.20. The van der Waals surface area contributed by atoms with Crippen molar-refractivity contribution >= 4 is 5.91 Å². The van der Waals surface area contributed by atoms with E-state index in [1.54, 1.807) is 0 Å². The highest BCUT2D eigenvalue weighted by atomic mass is 16.2. The Hall–Kier alpha value is -1.36. The van der Waals surface area contributed by atoms with Gasteiger partial charge in [-0.15, -0.1) is 0 Å². The van der Waals surface area contributed by atoms with Crippen molar-refractivity contribution in [1.29, 1.82) is 0 Å². The topological polar surface area (TPSA) is 50.2 Å². The quantitative estimate of drug-likeness (QED) is 0.904. The summed E-state index contributed by atoms with van der Waals surface area (Å²) in [7, 11) is 0. The van der Waals surface area contributed by atoms with Crippen LogP contribution >= 0.6 is 0 Å². The Kier molecular flexibility index (Phi) is 5.48. The van der Waals surface area contributed by atoms with Crippen LogP contribution in [0.3, 0.4) is 0 Å². The molecule has 0 bridgehead atoms. The third-order valence-electron chi connectivity index (χ3n) is 5.20. The van der Waals surface area contributed by atoms with Crippen molar-refractivity contribution in [1.82, 2.24) is 20.0 Å². The van der Waals surface area contributed by atoms with E-state index in [2.05, 4.69) is 15.3 Å². The zero-order valence-corrected chi connectivity index (χ0v) is 13.4. The summed E-state index contributed by atoms with van der Waals surface area (Å²) in [5.74, 6) is 1.78. The fourth-order valence-electron chi connectivity index (χ4n) is 3.69. The van der Waals surface area contributed by atoms with E-state index in [-0.39, 0.29) is 0 Å². The molecule has 0 radical (unpaired) electrons. The van der Waals surface area contributed by atoms with Gasteiger partial charge in [0.2, 0.25) is 5.91 Å². The average Bonchev–Trinajstić information content (AvgIpc) is 3.07. The predicted molar refractivity (Wildman–Crippen MR) is 86.4 cm³/mol. The fraction of sp³-hybridized carbons (Fsp3) is 0.765. The van der Waals surface area contributed by atoms with Gasteiger partial charge in [-0.1, -0.05) is 0 Å². The lowest BCUT2D eigenvalue weighted by Gasteiger charge is -2.32. The first-order valence-corrected chi connectivity index (χ1v) is 8.77. The molecule has 2 aliphatic rings. The number of hydrogen-bond donors (Lipinski definition) is 1. The lowest BCUT2D eigenvalue weighted by atomic mass is 9.92. The Morgan fingerprint density at radius 1 is 1.14 bits per heavy atom. The minimum atomic E-state index is 0.371. The minimum Gasteiger partial charge on any atom is -0.343 e. The highest BCUT2D eigenvalue weighted by Gasteiger charge is 2.24. The molecule has 22 heavy (non-hydrogen) atoms. The fourth-order valence-corrected chi connectivity index (χ4v) is 3.69. The number of nitrogens with zero attached hydrogens (tertiary/aromatic N) is 3. The Balaban J connectivity index is 1.36. The summed E-state index contributed by atoms with van der Waals surface area (Å²) in [6, 6.07) is 1.97. The molecule has 5 nitrogen and oxygen atoms in total. The zero-order valence-electron chi connectivity index (χ0n) is 13.4. The lowest BCUT2D eigenvalue weighted by molar-refractivity contribution is -0.133. The minimum absolute atomic E-state index is 0.371. The molecule has 122 valence electrons. The lowest BCUT2D eigenvalue weighted by Crippen LogP contribution is -2.39. The second-order valence-electron chi connectivity index (χ2n) is 6.78. The van der Waals surface area contributed by atoms with Crippen LogP contribution in [-0.4, -0.2) is 46.8 Å². The monoisotopic (exact) mass is 304 g/mol.